The molecule has 0 aromatic heterocycles. The van der Waals surface area contributed by atoms with Crippen molar-refractivity contribution in [2.75, 3.05) is 25.6 Å². The van der Waals surface area contributed by atoms with Gasteiger partial charge in [-0.25, -0.2) is 4.39 Å². The molecule has 2 aromatic carbocycles. The first-order valence-electron chi connectivity index (χ1n) is 8.70. The van der Waals surface area contributed by atoms with Crippen LogP contribution in [-0.4, -0.2) is 36.4 Å². The van der Waals surface area contributed by atoms with E-state index in [1.807, 2.05) is 29.2 Å². The molecule has 1 fully saturated rings. The lowest BCUT2D eigenvalue weighted by molar-refractivity contribution is 0.0905. The van der Waals surface area contributed by atoms with Crippen LogP contribution < -0.4 is 10.1 Å². The number of nitrogens with one attached hydrogen (secondary N) is 1. The van der Waals surface area contributed by atoms with E-state index < -0.39 is 0 Å². The molecule has 1 saturated heterocycles. The summed E-state index contributed by atoms with van der Waals surface area (Å²) in [6, 6.07) is 14.4. The monoisotopic (exact) mass is 374 g/mol. The van der Waals surface area contributed by atoms with Crippen LogP contribution in [0.4, 0.5) is 10.1 Å². The summed E-state index contributed by atoms with van der Waals surface area (Å²) in [7, 11) is 1.65. The van der Waals surface area contributed by atoms with Crippen molar-refractivity contribution < 1.29 is 13.9 Å². The minimum atomic E-state index is -0.326. The van der Waals surface area contributed by atoms with Crippen LogP contribution in [0.25, 0.3) is 0 Å². The first kappa shape index (κ1) is 18.6. The topological polar surface area (TPSA) is 33.7 Å². The van der Waals surface area contributed by atoms with Crippen LogP contribution in [0.15, 0.2) is 48.5 Å². The maximum atomic E-state index is 14.0. The largest absolute Gasteiger partial charge is 0.497 e. The summed E-state index contributed by atoms with van der Waals surface area (Å²) in [6.45, 7) is 2.04. The van der Waals surface area contributed by atoms with E-state index in [0.29, 0.717) is 23.9 Å². The van der Waals surface area contributed by atoms with Crippen molar-refractivity contribution in [3.05, 3.63) is 59.9 Å². The molecule has 0 amide bonds. The van der Waals surface area contributed by atoms with Crippen molar-refractivity contribution in [3.8, 4) is 5.75 Å². The van der Waals surface area contributed by atoms with E-state index in [4.69, 9.17) is 21.7 Å². The van der Waals surface area contributed by atoms with Crippen LogP contribution in [0.1, 0.15) is 18.4 Å². The zero-order valence-corrected chi connectivity index (χ0v) is 15.6. The van der Waals surface area contributed by atoms with Crippen molar-refractivity contribution in [1.29, 1.82) is 0 Å². The van der Waals surface area contributed by atoms with Crippen molar-refractivity contribution in [1.82, 2.24) is 4.90 Å². The molecule has 0 saturated carbocycles. The van der Waals surface area contributed by atoms with Crippen LogP contribution in [0.3, 0.4) is 0 Å². The Morgan fingerprint density at radius 3 is 2.88 bits per heavy atom. The summed E-state index contributed by atoms with van der Waals surface area (Å²) in [5, 5.41) is 3.51. The van der Waals surface area contributed by atoms with Gasteiger partial charge in [-0.15, -0.1) is 0 Å². The third-order valence-corrected chi connectivity index (χ3v) is 4.72. The molecule has 1 heterocycles. The third kappa shape index (κ3) is 4.93. The quantitative estimate of drug-likeness (QED) is 0.766. The van der Waals surface area contributed by atoms with E-state index >= 15 is 0 Å². The summed E-state index contributed by atoms with van der Waals surface area (Å²) < 4.78 is 25.0. The molecule has 0 spiro atoms. The molecule has 1 aliphatic heterocycles. The zero-order valence-electron chi connectivity index (χ0n) is 14.8. The minimum absolute atomic E-state index is 0.140. The first-order valence-corrected chi connectivity index (χ1v) is 9.11. The van der Waals surface area contributed by atoms with Crippen LogP contribution in [0, 0.1) is 5.82 Å². The smallest absolute Gasteiger partial charge is 0.173 e. The second-order valence-corrected chi connectivity index (χ2v) is 6.66. The van der Waals surface area contributed by atoms with Crippen LogP contribution in [-0.2, 0) is 11.3 Å². The van der Waals surface area contributed by atoms with E-state index in [-0.39, 0.29) is 11.9 Å². The first-order chi connectivity index (χ1) is 12.7. The summed E-state index contributed by atoms with van der Waals surface area (Å²) in [6.07, 6.45) is 2.21. The van der Waals surface area contributed by atoms with Gasteiger partial charge >= 0.3 is 0 Å². The van der Waals surface area contributed by atoms with Crippen molar-refractivity contribution >= 4 is 23.0 Å². The number of hydrogen-bond donors (Lipinski definition) is 1. The van der Waals surface area contributed by atoms with E-state index in [2.05, 4.69) is 5.32 Å². The highest BCUT2D eigenvalue weighted by molar-refractivity contribution is 7.80. The van der Waals surface area contributed by atoms with Crippen LogP contribution >= 0.6 is 12.2 Å². The molecule has 1 unspecified atom stereocenters. The number of halogens is 1. The normalized spacial score (nSPS) is 16.3. The third-order valence-electron chi connectivity index (χ3n) is 4.36. The maximum Gasteiger partial charge on any atom is 0.173 e. The van der Waals surface area contributed by atoms with Crippen LogP contribution in [0.2, 0.25) is 0 Å². The number of anilines is 1. The van der Waals surface area contributed by atoms with Gasteiger partial charge in [0.1, 0.15) is 11.6 Å². The molecule has 1 aliphatic rings. The second-order valence-electron chi connectivity index (χ2n) is 6.28. The molecule has 3 rings (SSSR count). The van der Waals surface area contributed by atoms with E-state index in [9.17, 15) is 4.39 Å². The molecule has 1 atom stereocenters. The van der Waals surface area contributed by atoms with Gasteiger partial charge in [-0.1, -0.05) is 24.3 Å². The lowest BCUT2D eigenvalue weighted by Gasteiger charge is -2.28. The summed E-state index contributed by atoms with van der Waals surface area (Å²) in [4.78, 5) is 2.02. The second kappa shape index (κ2) is 8.96. The number of hydrogen-bond acceptors (Lipinski definition) is 3. The molecule has 2 aromatic rings. The molecular formula is C20H23FN2O2S. The van der Waals surface area contributed by atoms with E-state index in [0.717, 1.165) is 30.8 Å². The molecule has 1 N–H and O–H groups in total. The van der Waals surface area contributed by atoms with Crippen molar-refractivity contribution in [3.63, 3.8) is 0 Å². The highest BCUT2D eigenvalue weighted by atomic mass is 32.1. The maximum absolute atomic E-state index is 14.0. The molecule has 0 aliphatic carbocycles. The number of benzene rings is 2. The summed E-state index contributed by atoms with van der Waals surface area (Å²) >= 11 is 5.57. The number of ether oxygens (including phenoxy) is 2. The number of methoxy groups -OCH3 is 1. The van der Waals surface area contributed by atoms with E-state index in [1.165, 1.54) is 6.07 Å². The molecular weight excluding hydrogens is 351 g/mol. The van der Waals surface area contributed by atoms with Gasteiger partial charge in [-0.2, -0.15) is 0 Å². The molecule has 0 bridgehead atoms. The highest BCUT2D eigenvalue weighted by Gasteiger charge is 2.21. The zero-order chi connectivity index (χ0) is 18.4. The van der Waals surface area contributed by atoms with Crippen molar-refractivity contribution in [2.45, 2.75) is 25.5 Å². The Morgan fingerprint density at radius 1 is 1.31 bits per heavy atom. The Bertz CT molecular complexity index is 750. The molecule has 6 heteroatoms. The fourth-order valence-electron chi connectivity index (χ4n) is 3.00. The molecule has 4 nitrogen and oxygen atoms in total. The fraction of sp³-hybridized carbons (Fsp3) is 0.350. The Kier molecular flexibility index (Phi) is 6.41. The lowest BCUT2D eigenvalue weighted by Crippen LogP contribution is -2.39. The average molecular weight is 374 g/mol. The fourth-order valence-corrected chi connectivity index (χ4v) is 3.25. The number of rotatable bonds is 6. The summed E-state index contributed by atoms with van der Waals surface area (Å²) in [5.41, 5.74) is 1.44. The predicted octanol–water partition coefficient (Wildman–Crippen LogP) is 4.21. The summed E-state index contributed by atoms with van der Waals surface area (Å²) in [5.74, 6) is 0.473. The van der Waals surface area contributed by atoms with Gasteiger partial charge < -0.3 is 19.7 Å². The lowest BCUT2D eigenvalue weighted by atomic mass is 10.2. The van der Waals surface area contributed by atoms with Gasteiger partial charge in [0.15, 0.2) is 5.11 Å². The highest BCUT2D eigenvalue weighted by Crippen LogP contribution is 2.20. The molecule has 26 heavy (non-hydrogen) atoms. The number of para-hydroxylation sites is 1. The van der Waals surface area contributed by atoms with Gasteiger partial charge in [-0.3, -0.25) is 0 Å². The Hall–Kier alpha value is -2.18. The molecule has 0 radical (unpaired) electrons. The van der Waals surface area contributed by atoms with Gasteiger partial charge in [0.25, 0.3) is 0 Å². The Morgan fingerprint density at radius 2 is 2.15 bits per heavy atom. The number of thiocarbonyl (C=S) groups is 1. The van der Waals surface area contributed by atoms with E-state index in [1.54, 1.807) is 25.3 Å². The van der Waals surface area contributed by atoms with Gasteiger partial charge in [0.05, 0.1) is 18.9 Å². The predicted molar refractivity (Wildman–Crippen MR) is 105 cm³/mol. The SMILES string of the molecule is COc1cccc(CN(CC2CCCO2)C(=S)Nc2ccccc2F)c1. The minimum Gasteiger partial charge on any atom is -0.497 e. The van der Waals surface area contributed by atoms with Gasteiger partial charge in [0.2, 0.25) is 0 Å². The van der Waals surface area contributed by atoms with Gasteiger partial charge in [-0.05, 0) is 54.9 Å². The number of nitrogens with zero attached hydrogens (tertiary/aromatic N) is 1. The Balaban J connectivity index is 1.75. The Labute approximate surface area is 158 Å². The molecule has 138 valence electrons. The van der Waals surface area contributed by atoms with Gasteiger partial charge in [0, 0.05) is 19.7 Å². The standard InChI is InChI=1S/C20H23FN2O2S/c1-24-16-7-4-6-15(12-16)13-23(14-17-8-5-11-25-17)20(26)22-19-10-3-2-9-18(19)21/h2-4,6-7,9-10,12,17H,5,8,11,13-14H2,1H3,(H,22,26). The van der Waals surface area contributed by atoms with Crippen molar-refractivity contribution in [2.24, 2.45) is 0 Å². The van der Waals surface area contributed by atoms with Crippen LogP contribution in [0.5, 0.6) is 5.75 Å². The average Bonchev–Trinajstić information content (AvgIpc) is 3.16.